The lowest BCUT2D eigenvalue weighted by atomic mass is 9.74. The van der Waals surface area contributed by atoms with Crippen LogP contribution in [0.4, 0.5) is 13.2 Å². The molecule has 6 rings (SSSR count). The first kappa shape index (κ1) is 30.0. The molecule has 232 valence electrons. The number of alkyl halides is 3. The number of aromatic nitrogens is 3. The van der Waals surface area contributed by atoms with Gasteiger partial charge in [0, 0.05) is 29.2 Å². The molecule has 2 N–H and O–H groups in total. The first-order valence-corrected chi connectivity index (χ1v) is 15.5. The summed E-state index contributed by atoms with van der Waals surface area (Å²) in [6.45, 7) is 8.25. The first-order valence-electron chi connectivity index (χ1n) is 15.1. The van der Waals surface area contributed by atoms with Crippen molar-refractivity contribution in [3.8, 4) is 0 Å². The van der Waals surface area contributed by atoms with Gasteiger partial charge in [-0.25, -0.2) is 0 Å². The van der Waals surface area contributed by atoms with Crippen molar-refractivity contribution in [2.24, 2.45) is 22.7 Å². The van der Waals surface area contributed by atoms with Crippen LogP contribution in [0.2, 0.25) is 5.02 Å². The van der Waals surface area contributed by atoms with Crippen molar-refractivity contribution in [3.63, 3.8) is 0 Å². The Hall–Kier alpha value is -3.01. The van der Waals surface area contributed by atoms with E-state index in [0.717, 1.165) is 45.9 Å². The number of carboxylic acids is 1. The van der Waals surface area contributed by atoms with Crippen LogP contribution in [0.25, 0.3) is 10.9 Å². The molecule has 0 bridgehead atoms. The number of hydrogen-bond acceptors (Lipinski definition) is 3. The number of fused-ring (bicyclic) bond motifs is 2. The number of carbonyl (C=O) groups is 2. The largest absolute Gasteiger partial charge is 0.481 e. The Kier molecular flexibility index (Phi) is 7.18. The number of aliphatic carboxylic acids is 1. The van der Waals surface area contributed by atoms with Gasteiger partial charge in [-0.05, 0) is 93.7 Å². The van der Waals surface area contributed by atoms with E-state index >= 15 is 0 Å². The second-order valence-corrected chi connectivity index (χ2v) is 14.2. The molecule has 3 aliphatic rings. The molecule has 3 saturated carbocycles. The number of aryl methyl sites for hydroxylation is 1. The normalized spacial score (nSPS) is 28.2. The van der Waals surface area contributed by atoms with Gasteiger partial charge in [-0.3, -0.25) is 14.3 Å². The molecule has 43 heavy (non-hydrogen) atoms. The quantitative estimate of drug-likeness (QED) is 0.284. The van der Waals surface area contributed by atoms with Crippen LogP contribution in [0.15, 0.2) is 24.4 Å². The molecule has 11 heteroatoms. The summed E-state index contributed by atoms with van der Waals surface area (Å²) < 4.78 is 45.0. The van der Waals surface area contributed by atoms with Crippen LogP contribution in [-0.4, -0.2) is 49.2 Å². The number of aromatic amines is 1. The Balaban J connectivity index is 1.32. The number of carbonyl (C=O) groups excluding carboxylic acids is 1. The number of nitrogens with one attached hydrogen (secondary N) is 1. The molecule has 2 heterocycles. The van der Waals surface area contributed by atoms with E-state index in [4.69, 9.17) is 11.6 Å². The van der Waals surface area contributed by atoms with Gasteiger partial charge in [0.15, 0.2) is 5.69 Å². The topological polar surface area (TPSA) is 91.2 Å². The highest BCUT2D eigenvalue weighted by Crippen LogP contribution is 2.67. The third kappa shape index (κ3) is 5.03. The predicted octanol–water partition coefficient (Wildman–Crippen LogP) is 7.67. The first-order chi connectivity index (χ1) is 20.1. The maximum atomic E-state index is 14.7. The van der Waals surface area contributed by atoms with Crippen LogP contribution < -0.4 is 0 Å². The van der Waals surface area contributed by atoms with E-state index in [1.807, 2.05) is 25.1 Å². The Labute approximate surface area is 253 Å². The van der Waals surface area contributed by atoms with Crippen molar-refractivity contribution in [2.75, 3.05) is 6.54 Å². The van der Waals surface area contributed by atoms with E-state index in [1.54, 1.807) is 11.8 Å². The molecule has 2 unspecified atom stereocenters. The minimum absolute atomic E-state index is 0.160. The van der Waals surface area contributed by atoms with E-state index in [2.05, 4.69) is 23.9 Å². The van der Waals surface area contributed by atoms with Gasteiger partial charge in [0.05, 0.1) is 28.2 Å². The number of halogens is 4. The number of rotatable bonds is 7. The number of nitrogens with zero attached hydrogens (tertiary/aromatic N) is 3. The zero-order valence-electron chi connectivity index (χ0n) is 24.9. The summed E-state index contributed by atoms with van der Waals surface area (Å²) >= 11 is 6.55. The van der Waals surface area contributed by atoms with Crippen LogP contribution in [0, 0.1) is 29.6 Å². The highest BCUT2D eigenvalue weighted by atomic mass is 35.5. The van der Waals surface area contributed by atoms with Crippen molar-refractivity contribution in [2.45, 2.75) is 90.9 Å². The zero-order chi connectivity index (χ0) is 31.1. The lowest BCUT2D eigenvalue weighted by molar-refractivity contribution is -0.152. The van der Waals surface area contributed by atoms with Crippen LogP contribution in [0.1, 0.15) is 92.6 Å². The Bertz CT molecular complexity index is 1570. The predicted molar refractivity (Wildman–Crippen MR) is 157 cm³/mol. The Morgan fingerprint density at radius 3 is 2.42 bits per heavy atom. The fourth-order valence-electron chi connectivity index (χ4n) is 8.06. The van der Waals surface area contributed by atoms with Gasteiger partial charge in [-0.1, -0.05) is 31.5 Å². The van der Waals surface area contributed by atoms with Crippen molar-refractivity contribution in [1.82, 2.24) is 19.7 Å². The standard InChI is InChI=1S/C32H38ClF3N4O3/c1-17-20(26-24(33)6-5-7-25(26)38-17)10-13-39(19-14-22-23(15-19)30(22,2)3)28(41)21-16-37-40(27(21)32(34,35)36)18-8-11-31(4,12-9-18)29(42)43/h5-7,16,18-19,22-23,38H,8-15H2,1-4H3,(H,42,43). The summed E-state index contributed by atoms with van der Waals surface area (Å²) in [5, 5.41) is 15.2. The zero-order valence-corrected chi connectivity index (χ0v) is 25.6. The smallest absolute Gasteiger partial charge is 0.433 e. The molecular formula is C32H38ClF3N4O3. The van der Waals surface area contributed by atoms with Crippen LogP contribution in [0.5, 0.6) is 0 Å². The number of benzene rings is 1. The molecule has 0 saturated heterocycles. The van der Waals surface area contributed by atoms with Crippen LogP contribution in [-0.2, 0) is 17.4 Å². The average Bonchev–Trinajstić information content (AvgIpc) is 3.45. The molecule has 1 aromatic carbocycles. The maximum absolute atomic E-state index is 14.7. The molecule has 3 aromatic rings. The molecule has 0 radical (unpaired) electrons. The summed E-state index contributed by atoms with van der Waals surface area (Å²) in [5.41, 5.74) is 0.498. The van der Waals surface area contributed by atoms with Crippen molar-refractivity contribution in [3.05, 3.63) is 51.9 Å². The van der Waals surface area contributed by atoms with E-state index in [9.17, 15) is 27.9 Å². The second-order valence-electron chi connectivity index (χ2n) is 13.7. The fourth-order valence-corrected chi connectivity index (χ4v) is 8.34. The number of carboxylic acid groups (broad SMARTS) is 1. The van der Waals surface area contributed by atoms with Gasteiger partial charge in [0.1, 0.15) is 0 Å². The minimum atomic E-state index is -4.80. The molecule has 2 atom stereocenters. The molecule has 1 amide bonds. The highest BCUT2D eigenvalue weighted by molar-refractivity contribution is 6.35. The number of hydrogen-bond donors (Lipinski definition) is 2. The van der Waals surface area contributed by atoms with E-state index < -0.39 is 40.8 Å². The van der Waals surface area contributed by atoms with Gasteiger partial charge in [0.25, 0.3) is 5.91 Å². The van der Waals surface area contributed by atoms with Gasteiger partial charge in [-0.2, -0.15) is 18.3 Å². The molecule has 2 aromatic heterocycles. The van der Waals surface area contributed by atoms with Gasteiger partial charge in [-0.15, -0.1) is 0 Å². The van der Waals surface area contributed by atoms with E-state index in [0.29, 0.717) is 23.3 Å². The van der Waals surface area contributed by atoms with Gasteiger partial charge < -0.3 is 15.0 Å². The summed E-state index contributed by atoms with van der Waals surface area (Å²) in [5.74, 6) is -0.698. The highest BCUT2D eigenvalue weighted by Gasteiger charge is 2.63. The Morgan fingerprint density at radius 1 is 1.16 bits per heavy atom. The Morgan fingerprint density at radius 2 is 1.81 bits per heavy atom. The van der Waals surface area contributed by atoms with E-state index in [-0.39, 0.29) is 43.7 Å². The second kappa shape index (κ2) is 10.3. The molecule has 0 spiro atoms. The van der Waals surface area contributed by atoms with Crippen molar-refractivity contribution >= 4 is 34.4 Å². The SMILES string of the molecule is Cc1[nH]c2cccc(Cl)c2c1CCN(C(=O)c1cnn(C2CCC(C)(C(=O)O)CC2)c1C(F)(F)F)C1CC2C(C1)C2(C)C. The third-order valence-corrected chi connectivity index (χ3v) is 11.3. The van der Waals surface area contributed by atoms with Crippen LogP contribution >= 0.6 is 11.6 Å². The lowest BCUT2D eigenvalue weighted by Gasteiger charge is -2.35. The minimum Gasteiger partial charge on any atom is -0.481 e. The summed E-state index contributed by atoms with van der Waals surface area (Å²) in [4.78, 5) is 30.9. The molecule has 0 aliphatic heterocycles. The summed E-state index contributed by atoms with van der Waals surface area (Å²) in [7, 11) is 0. The molecular weight excluding hydrogens is 581 g/mol. The summed E-state index contributed by atoms with van der Waals surface area (Å²) in [6, 6.07) is 4.81. The van der Waals surface area contributed by atoms with Crippen molar-refractivity contribution in [1.29, 1.82) is 0 Å². The third-order valence-electron chi connectivity index (χ3n) is 10.9. The molecule has 7 nitrogen and oxygen atoms in total. The van der Waals surface area contributed by atoms with Crippen molar-refractivity contribution < 1.29 is 27.9 Å². The lowest BCUT2D eigenvalue weighted by Crippen LogP contribution is -2.42. The van der Waals surface area contributed by atoms with Gasteiger partial charge >= 0.3 is 12.1 Å². The molecule has 3 fully saturated rings. The van der Waals surface area contributed by atoms with Crippen LogP contribution in [0.3, 0.4) is 0 Å². The van der Waals surface area contributed by atoms with Gasteiger partial charge in [0.2, 0.25) is 0 Å². The fraction of sp³-hybridized carbons (Fsp3) is 0.594. The monoisotopic (exact) mass is 618 g/mol. The maximum Gasteiger partial charge on any atom is 0.433 e. The average molecular weight is 619 g/mol. The number of H-pyrrole nitrogens is 1. The van der Waals surface area contributed by atoms with E-state index in [1.165, 1.54) is 0 Å². The summed E-state index contributed by atoms with van der Waals surface area (Å²) in [6.07, 6.45) is -0.787. The molecule has 3 aliphatic carbocycles. The number of amides is 1.